The van der Waals surface area contributed by atoms with E-state index in [9.17, 15) is 9.59 Å². The SMILES string of the molecule is COC(=O)[C@@]12[C@H]3C=C[C@H]4C3C3[C@H]1[C@@H]1C(C)=C(c5ccccc5)C(c5ccccc5)=C(C)[C@H]1[C@H]3[C@@]42C(=O)OC. The highest BCUT2D eigenvalue weighted by molar-refractivity contribution is 6.09. The lowest BCUT2D eigenvalue weighted by Crippen LogP contribution is -2.63. The lowest BCUT2D eigenvalue weighted by atomic mass is 9.45. The summed E-state index contributed by atoms with van der Waals surface area (Å²) in [5, 5.41) is 0. The van der Waals surface area contributed by atoms with Gasteiger partial charge in [0.2, 0.25) is 0 Å². The molecule has 0 N–H and O–H groups in total. The fourth-order valence-corrected chi connectivity index (χ4v) is 11.4. The van der Waals surface area contributed by atoms with Crippen LogP contribution in [-0.4, -0.2) is 26.2 Å². The Morgan fingerprint density at radius 2 is 1.03 bits per heavy atom. The van der Waals surface area contributed by atoms with Crippen LogP contribution in [0.1, 0.15) is 25.0 Å². The molecule has 0 amide bonds. The van der Waals surface area contributed by atoms with Gasteiger partial charge in [-0.3, -0.25) is 9.59 Å². The number of hydrogen-bond donors (Lipinski definition) is 0. The van der Waals surface area contributed by atoms with Crippen LogP contribution < -0.4 is 0 Å². The van der Waals surface area contributed by atoms with Crippen molar-refractivity contribution < 1.29 is 19.1 Å². The molecular weight excluding hydrogens is 472 g/mol. The summed E-state index contributed by atoms with van der Waals surface area (Å²) in [6, 6.07) is 21.3. The molecule has 2 aromatic rings. The van der Waals surface area contributed by atoms with Gasteiger partial charge in [0.05, 0.1) is 25.0 Å². The third kappa shape index (κ3) is 2.03. The first kappa shape index (κ1) is 22.6. The minimum Gasteiger partial charge on any atom is -0.469 e. The van der Waals surface area contributed by atoms with Gasteiger partial charge in [0.1, 0.15) is 0 Å². The van der Waals surface area contributed by atoms with Crippen LogP contribution in [0.3, 0.4) is 0 Å². The molecule has 7 aliphatic carbocycles. The van der Waals surface area contributed by atoms with Gasteiger partial charge in [-0.05, 0) is 83.5 Å². The number of ether oxygens (including phenoxy) is 2. The molecule has 0 unspecified atom stereocenters. The van der Waals surface area contributed by atoms with Gasteiger partial charge >= 0.3 is 11.9 Å². The smallest absolute Gasteiger partial charge is 0.313 e. The average Bonchev–Trinajstić information content (AvgIpc) is 3.76. The molecule has 5 fully saturated rings. The van der Waals surface area contributed by atoms with Crippen LogP contribution in [0, 0.1) is 58.2 Å². The normalized spacial score (nSPS) is 42.3. The summed E-state index contributed by atoms with van der Waals surface area (Å²) in [5.41, 5.74) is 5.98. The molecule has 192 valence electrons. The Morgan fingerprint density at radius 3 is 1.39 bits per heavy atom. The summed E-state index contributed by atoms with van der Waals surface area (Å²) >= 11 is 0. The summed E-state index contributed by atoms with van der Waals surface area (Å²) in [5.74, 6) is 0.870. The minimum atomic E-state index is -0.844. The van der Waals surface area contributed by atoms with Crippen molar-refractivity contribution in [1.82, 2.24) is 0 Å². The maximum atomic E-state index is 14.0. The first-order valence-electron chi connectivity index (χ1n) is 13.9. The lowest BCUT2D eigenvalue weighted by molar-refractivity contribution is -0.192. The maximum Gasteiger partial charge on any atom is 0.313 e. The largest absolute Gasteiger partial charge is 0.469 e. The van der Waals surface area contributed by atoms with Crippen LogP contribution in [0.15, 0.2) is 84.0 Å². The molecule has 5 saturated carbocycles. The van der Waals surface area contributed by atoms with E-state index in [1.54, 1.807) is 0 Å². The van der Waals surface area contributed by atoms with Crippen molar-refractivity contribution in [1.29, 1.82) is 0 Å². The highest BCUT2D eigenvalue weighted by atomic mass is 16.5. The molecule has 0 radical (unpaired) electrons. The molecule has 0 aromatic heterocycles. The molecule has 8 bridgehead atoms. The first-order chi connectivity index (χ1) is 18.5. The predicted molar refractivity (Wildman–Crippen MR) is 144 cm³/mol. The molecule has 4 heteroatoms. The van der Waals surface area contributed by atoms with Crippen molar-refractivity contribution in [2.75, 3.05) is 14.2 Å². The number of benzene rings is 2. The van der Waals surface area contributed by atoms with Gasteiger partial charge in [-0.15, -0.1) is 0 Å². The zero-order chi connectivity index (χ0) is 26.1. The molecule has 38 heavy (non-hydrogen) atoms. The van der Waals surface area contributed by atoms with Gasteiger partial charge in [-0.1, -0.05) is 84.0 Å². The van der Waals surface area contributed by atoms with Gasteiger partial charge < -0.3 is 9.47 Å². The van der Waals surface area contributed by atoms with Gasteiger partial charge in [-0.2, -0.15) is 0 Å². The Kier molecular flexibility index (Phi) is 4.26. The monoisotopic (exact) mass is 504 g/mol. The average molecular weight is 505 g/mol. The van der Waals surface area contributed by atoms with Crippen LogP contribution in [0.2, 0.25) is 0 Å². The van der Waals surface area contributed by atoms with E-state index < -0.39 is 10.8 Å². The number of methoxy groups -OCH3 is 2. The Hall–Kier alpha value is -3.40. The summed E-state index contributed by atoms with van der Waals surface area (Å²) in [6.45, 7) is 4.57. The van der Waals surface area contributed by atoms with E-state index in [4.69, 9.17) is 9.47 Å². The van der Waals surface area contributed by atoms with Gasteiger partial charge in [0, 0.05) is 0 Å². The van der Waals surface area contributed by atoms with Gasteiger partial charge in [0.15, 0.2) is 0 Å². The van der Waals surface area contributed by atoms with Crippen LogP contribution >= 0.6 is 0 Å². The first-order valence-corrected chi connectivity index (χ1v) is 13.9. The van der Waals surface area contributed by atoms with E-state index in [-0.39, 0.29) is 47.4 Å². The third-order valence-electron chi connectivity index (χ3n) is 11.8. The predicted octanol–water partition coefficient (Wildman–Crippen LogP) is 5.82. The molecule has 4 nitrogen and oxygen atoms in total. The number of fused-ring (bicyclic) bond motifs is 1. The second kappa shape index (κ2) is 7.16. The van der Waals surface area contributed by atoms with E-state index in [0.717, 1.165) is 0 Å². The van der Waals surface area contributed by atoms with E-state index >= 15 is 0 Å². The van der Waals surface area contributed by atoms with Gasteiger partial charge in [-0.25, -0.2) is 0 Å². The van der Waals surface area contributed by atoms with E-state index in [2.05, 4.69) is 86.7 Å². The van der Waals surface area contributed by atoms with Crippen molar-refractivity contribution in [3.63, 3.8) is 0 Å². The molecule has 0 saturated heterocycles. The molecule has 0 spiro atoms. The fourth-order valence-electron chi connectivity index (χ4n) is 11.4. The van der Waals surface area contributed by atoms with E-state index in [1.807, 2.05) is 0 Å². The quantitative estimate of drug-likeness (QED) is 0.389. The van der Waals surface area contributed by atoms with Crippen molar-refractivity contribution in [2.24, 2.45) is 58.2 Å². The number of allylic oxidation sites excluding steroid dienone is 6. The summed E-state index contributed by atoms with van der Waals surface area (Å²) in [6.07, 6.45) is 4.46. The van der Waals surface area contributed by atoms with Crippen LogP contribution in [0.25, 0.3) is 11.1 Å². The summed E-state index contributed by atoms with van der Waals surface area (Å²) in [4.78, 5) is 28.1. The highest BCUT2D eigenvalue weighted by Gasteiger charge is 2.98. The Morgan fingerprint density at radius 1 is 0.632 bits per heavy atom. The standard InChI is InChI=1S/C34H32O4/c1-17-23(19-11-7-5-8-12-19)24(20-13-9-6-10-14-20)18(2)26-25(17)29-28-27-21-15-16-22(27)34(30(26)28,32(36)38-4)33(21,29)31(35)37-3/h5-16,21-22,25-30H,1-4H3/t21-,22-,25+,26+,27?,28?,29+,30+,33+,34+/m0/s1. The van der Waals surface area contributed by atoms with Gasteiger partial charge in [0.25, 0.3) is 0 Å². The molecule has 7 aliphatic rings. The Bertz CT molecular complexity index is 1390. The molecular formula is C34H32O4. The molecule has 0 aliphatic heterocycles. The molecule has 8 atom stereocenters. The number of carbonyl (C=O) groups is 2. The molecule has 9 rings (SSSR count). The Labute approximate surface area is 223 Å². The number of hydrogen-bond acceptors (Lipinski definition) is 4. The van der Waals surface area contributed by atoms with Crippen LogP contribution in [-0.2, 0) is 19.1 Å². The fraction of sp³-hybridized carbons (Fsp3) is 0.412. The number of rotatable bonds is 4. The van der Waals surface area contributed by atoms with Crippen molar-refractivity contribution in [3.8, 4) is 0 Å². The second-order valence-electron chi connectivity index (χ2n) is 12.3. The molecule has 2 aromatic carbocycles. The third-order valence-corrected chi connectivity index (χ3v) is 11.8. The Balaban J connectivity index is 1.43. The topological polar surface area (TPSA) is 52.6 Å². The zero-order valence-corrected chi connectivity index (χ0v) is 22.2. The highest BCUT2D eigenvalue weighted by Crippen LogP contribution is 2.94. The lowest BCUT2D eigenvalue weighted by Gasteiger charge is -2.56. The zero-order valence-electron chi connectivity index (χ0n) is 22.2. The summed E-state index contributed by atoms with van der Waals surface area (Å²) in [7, 11) is 2.98. The van der Waals surface area contributed by atoms with Crippen molar-refractivity contribution >= 4 is 23.1 Å². The second-order valence-corrected chi connectivity index (χ2v) is 12.3. The summed E-state index contributed by atoms with van der Waals surface area (Å²) < 4.78 is 11.2. The van der Waals surface area contributed by atoms with Crippen molar-refractivity contribution in [2.45, 2.75) is 13.8 Å². The molecule has 0 heterocycles. The van der Waals surface area contributed by atoms with Crippen LogP contribution in [0.4, 0.5) is 0 Å². The minimum absolute atomic E-state index is 0.0547. The van der Waals surface area contributed by atoms with E-state index in [1.165, 1.54) is 47.6 Å². The van der Waals surface area contributed by atoms with E-state index in [0.29, 0.717) is 11.8 Å². The van der Waals surface area contributed by atoms with Crippen molar-refractivity contribution in [3.05, 3.63) is 95.1 Å². The number of carbonyl (C=O) groups excluding carboxylic acids is 2. The maximum absolute atomic E-state index is 14.0. The van der Waals surface area contributed by atoms with Crippen LogP contribution in [0.5, 0.6) is 0 Å². The number of esters is 2.